The highest BCUT2D eigenvalue weighted by Gasteiger charge is 2.31. The summed E-state index contributed by atoms with van der Waals surface area (Å²) in [6.07, 6.45) is 7.06. The molecule has 1 aliphatic carbocycles. The monoisotopic (exact) mass is 254 g/mol. The first-order valence-electron chi connectivity index (χ1n) is 6.04. The quantitative estimate of drug-likeness (QED) is 0.768. The second kappa shape index (κ2) is 4.55. The average Bonchev–Trinajstić information content (AvgIpc) is 2.40. The van der Waals surface area contributed by atoms with Crippen LogP contribution in [0, 0.1) is 11.3 Å². The molecule has 0 fully saturated rings. The number of allylic oxidation sites excluding steroid dienone is 2. The maximum atomic E-state index is 8.79. The van der Waals surface area contributed by atoms with Gasteiger partial charge in [-0.2, -0.15) is 5.26 Å². The topological polar surface area (TPSA) is 27.0 Å². The SMILES string of the molecule is CN1c2ccccc2S[C@@H]2C=CC(CC#N)=C[C@@H]21. The second-order valence-corrected chi connectivity index (χ2v) is 5.81. The number of nitrogens with zero attached hydrogens (tertiary/aromatic N) is 2. The number of thioether (sulfide) groups is 1. The van der Waals surface area contributed by atoms with Crippen molar-refractivity contribution < 1.29 is 0 Å². The summed E-state index contributed by atoms with van der Waals surface area (Å²) in [5.41, 5.74) is 2.41. The van der Waals surface area contributed by atoms with Gasteiger partial charge in [0.1, 0.15) is 0 Å². The maximum absolute atomic E-state index is 8.79. The van der Waals surface area contributed by atoms with Crippen molar-refractivity contribution in [2.24, 2.45) is 0 Å². The molecule has 18 heavy (non-hydrogen) atoms. The number of nitriles is 1. The zero-order valence-corrected chi connectivity index (χ0v) is 11.0. The predicted molar refractivity (Wildman–Crippen MR) is 75.7 cm³/mol. The van der Waals surface area contributed by atoms with Gasteiger partial charge < -0.3 is 4.90 Å². The number of benzene rings is 1. The second-order valence-electron chi connectivity index (χ2n) is 4.59. The van der Waals surface area contributed by atoms with E-state index in [9.17, 15) is 0 Å². The minimum atomic E-state index is 0.359. The van der Waals surface area contributed by atoms with Gasteiger partial charge >= 0.3 is 0 Å². The van der Waals surface area contributed by atoms with Crippen LogP contribution in [-0.2, 0) is 0 Å². The molecule has 90 valence electrons. The Morgan fingerprint density at radius 3 is 3.06 bits per heavy atom. The lowest BCUT2D eigenvalue weighted by Crippen LogP contribution is -2.41. The largest absolute Gasteiger partial charge is 0.366 e. The lowest BCUT2D eigenvalue weighted by Gasteiger charge is -2.40. The molecule has 1 aliphatic heterocycles. The van der Waals surface area contributed by atoms with Crippen LogP contribution >= 0.6 is 11.8 Å². The van der Waals surface area contributed by atoms with E-state index in [-0.39, 0.29) is 0 Å². The van der Waals surface area contributed by atoms with Crippen molar-refractivity contribution in [1.29, 1.82) is 5.26 Å². The molecule has 0 saturated carbocycles. The number of para-hydroxylation sites is 1. The van der Waals surface area contributed by atoms with E-state index in [1.165, 1.54) is 10.6 Å². The van der Waals surface area contributed by atoms with Crippen molar-refractivity contribution in [3.05, 3.63) is 48.1 Å². The molecule has 0 aromatic heterocycles. The fourth-order valence-corrected chi connectivity index (χ4v) is 3.85. The molecule has 2 atom stereocenters. The molecule has 2 nitrogen and oxygen atoms in total. The van der Waals surface area contributed by atoms with Crippen molar-refractivity contribution in [2.45, 2.75) is 22.6 Å². The number of hydrogen-bond donors (Lipinski definition) is 0. The Hall–Kier alpha value is -1.66. The fraction of sp³-hybridized carbons (Fsp3) is 0.267. The van der Waals surface area contributed by atoms with E-state index < -0.39 is 0 Å². The van der Waals surface area contributed by atoms with Gasteiger partial charge in [0.05, 0.1) is 29.5 Å². The van der Waals surface area contributed by atoms with Crippen molar-refractivity contribution in [1.82, 2.24) is 0 Å². The lowest BCUT2D eigenvalue weighted by atomic mass is 9.98. The molecule has 1 aromatic rings. The first-order chi connectivity index (χ1) is 8.79. The molecule has 3 rings (SSSR count). The van der Waals surface area contributed by atoms with E-state index in [2.05, 4.69) is 60.5 Å². The third kappa shape index (κ3) is 1.83. The Morgan fingerprint density at radius 2 is 2.22 bits per heavy atom. The normalized spacial score (nSPS) is 24.9. The molecule has 0 spiro atoms. The molecule has 0 amide bonds. The summed E-state index contributed by atoms with van der Waals surface area (Å²) in [6, 6.07) is 11.1. The smallest absolute Gasteiger partial charge is 0.0669 e. The minimum Gasteiger partial charge on any atom is -0.366 e. The summed E-state index contributed by atoms with van der Waals surface area (Å²) >= 11 is 1.91. The van der Waals surface area contributed by atoms with Gasteiger partial charge in [-0.15, -0.1) is 11.8 Å². The van der Waals surface area contributed by atoms with Crippen molar-refractivity contribution in [3.8, 4) is 6.07 Å². The van der Waals surface area contributed by atoms with E-state index in [1.807, 2.05) is 11.8 Å². The van der Waals surface area contributed by atoms with E-state index >= 15 is 0 Å². The van der Waals surface area contributed by atoms with Crippen LogP contribution in [0.4, 0.5) is 5.69 Å². The van der Waals surface area contributed by atoms with Gasteiger partial charge in [-0.3, -0.25) is 0 Å². The summed E-state index contributed by atoms with van der Waals surface area (Å²) in [7, 11) is 2.13. The Balaban J connectivity index is 1.97. The zero-order valence-electron chi connectivity index (χ0n) is 10.2. The number of fused-ring (bicyclic) bond motifs is 2. The molecule has 0 unspecified atom stereocenters. The van der Waals surface area contributed by atoms with E-state index in [1.54, 1.807) is 0 Å². The summed E-state index contributed by atoms with van der Waals surface area (Å²) in [4.78, 5) is 3.65. The Kier molecular flexibility index (Phi) is 2.89. The van der Waals surface area contributed by atoms with Gasteiger partial charge in [0, 0.05) is 11.9 Å². The van der Waals surface area contributed by atoms with Crippen LogP contribution in [0.1, 0.15) is 6.42 Å². The lowest BCUT2D eigenvalue weighted by molar-refractivity contribution is 0.739. The molecule has 2 aliphatic rings. The van der Waals surface area contributed by atoms with Crippen LogP contribution in [0.15, 0.2) is 53.0 Å². The van der Waals surface area contributed by atoms with Crippen molar-refractivity contribution in [2.75, 3.05) is 11.9 Å². The molecular formula is C15H14N2S. The molecule has 0 N–H and O–H groups in total. The first-order valence-corrected chi connectivity index (χ1v) is 6.92. The highest BCUT2D eigenvalue weighted by atomic mass is 32.2. The third-order valence-electron chi connectivity index (χ3n) is 3.46. The predicted octanol–water partition coefficient (Wildman–Crippen LogP) is 3.38. The summed E-state index contributed by atoms with van der Waals surface area (Å²) in [6.45, 7) is 0. The zero-order chi connectivity index (χ0) is 12.5. The van der Waals surface area contributed by atoms with Gasteiger partial charge in [-0.25, -0.2) is 0 Å². The van der Waals surface area contributed by atoms with E-state index in [0.29, 0.717) is 17.7 Å². The van der Waals surface area contributed by atoms with Gasteiger partial charge in [-0.1, -0.05) is 30.4 Å². The highest BCUT2D eigenvalue weighted by Crippen LogP contribution is 2.43. The summed E-state index contributed by atoms with van der Waals surface area (Å²) < 4.78 is 0. The number of likely N-dealkylation sites (N-methyl/N-ethyl adjacent to an activating group) is 1. The summed E-state index contributed by atoms with van der Waals surface area (Å²) in [5.74, 6) is 0. The molecule has 0 radical (unpaired) electrons. The standard InChI is InChI=1S/C15H14N2S/c1-17-12-4-2-3-5-14(12)18-15-7-6-11(8-9-16)10-13(15)17/h2-7,10,13,15H,8H2,1H3/t13-,15+/m0/s1. The van der Waals surface area contributed by atoms with Crippen molar-refractivity contribution in [3.63, 3.8) is 0 Å². The molecule has 0 saturated heterocycles. The fourth-order valence-electron chi connectivity index (χ4n) is 2.51. The van der Waals surface area contributed by atoms with Gasteiger partial charge in [-0.05, 0) is 17.7 Å². The van der Waals surface area contributed by atoms with Crippen LogP contribution in [0.2, 0.25) is 0 Å². The average molecular weight is 254 g/mol. The van der Waals surface area contributed by atoms with Gasteiger partial charge in [0.2, 0.25) is 0 Å². The van der Waals surface area contributed by atoms with Crippen LogP contribution in [-0.4, -0.2) is 18.3 Å². The van der Waals surface area contributed by atoms with Crippen LogP contribution in [0.3, 0.4) is 0 Å². The Bertz CT molecular complexity index is 568. The van der Waals surface area contributed by atoms with Crippen molar-refractivity contribution >= 4 is 17.4 Å². The van der Waals surface area contributed by atoms with E-state index in [4.69, 9.17) is 5.26 Å². The number of hydrogen-bond acceptors (Lipinski definition) is 3. The maximum Gasteiger partial charge on any atom is 0.0669 e. The molecule has 0 bridgehead atoms. The number of rotatable bonds is 1. The van der Waals surface area contributed by atoms with E-state index in [0.717, 1.165) is 5.57 Å². The Morgan fingerprint density at radius 1 is 1.39 bits per heavy atom. The minimum absolute atomic E-state index is 0.359. The molecule has 1 heterocycles. The molecule has 3 heteroatoms. The van der Waals surface area contributed by atoms with Crippen LogP contribution < -0.4 is 4.90 Å². The third-order valence-corrected chi connectivity index (χ3v) is 4.77. The van der Waals surface area contributed by atoms with Gasteiger partial charge in [0.25, 0.3) is 0 Å². The molecular weight excluding hydrogens is 240 g/mol. The highest BCUT2D eigenvalue weighted by molar-refractivity contribution is 8.00. The van der Waals surface area contributed by atoms with Crippen LogP contribution in [0.5, 0.6) is 0 Å². The number of anilines is 1. The van der Waals surface area contributed by atoms with Crippen LogP contribution in [0.25, 0.3) is 0 Å². The van der Waals surface area contributed by atoms with Gasteiger partial charge in [0.15, 0.2) is 0 Å². The Labute approximate surface area is 112 Å². The summed E-state index contributed by atoms with van der Waals surface area (Å²) in [5, 5.41) is 9.25. The first kappa shape index (κ1) is 11.4. The molecule has 1 aromatic carbocycles.